The van der Waals surface area contributed by atoms with Crippen molar-refractivity contribution in [3.8, 4) is 5.75 Å². The van der Waals surface area contributed by atoms with Crippen LogP contribution in [0.15, 0.2) is 30.3 Å². The zero-order valence-corrected chi connectivity index (χ0v) is 12.1. The van der Waals surface area contributed by atoms with Crippen LogP contribution < -0.4 is 10.1 Å². The Morgan fingerprint density at radius 3 is 2.84 bits per heavy atom. The molecule has 1 aromatic rings. The van der Waals surface area contributed by atoms with Crippen molar-refractivity contribution in [1.82, 2.24) is 10.2 Å². The van der Waals surface area contributed by atoms with E-state index in [1.165, 1.54) is 12.8 Å². The highest BCUT2D eigenvalue weighted by Crippen LogP contribution is 2.12. The van der Waals surface area contributed by atoms with Crippen LogP contribution in [0, 0.1) is 0 Å². The fourth-order valence-electron chi connectivity index (χ4n) is 2.64. The molecule has 1 N–H and O–H groups in total. The topological polar surface area (TPSA) is 24.5 Å². The Hall–Kier alpha value is -1.06. The number of rotatable bonds is 6. The van der Waals surface area contributed by atoms with Crippen molar-refractivity contribution in [1.29, 1.82) is 0 Å². The summed E-state index contributed by atoms with van der Waals surface area (Å²) in [6, 6.07) is 11.3. The van der Waals surface area contributed by atoms with Crippen molar-refractivity contribution >= 4 is 0 Å². The molecule has 1 aliphatic heterocycles. The van der Waals surface area contributed by atoms with E-state index >= 15 is 0 Å². The van der Waals surface area contributed by atoms with E-state index in [-0.39, 0.29) is 0 Å². The van der Waals surface area contributed by atoms with Gasteiger partial charge in [-0.15, -0.1) is 0 Å². The zero-order chi connectivity index (χ0) is 13.5. The van der Waals surface area contributed by atoms with Crippen molar-refractivity contribution in [2.24, 2.45) is 0 Å². The van der Waals surface area contributed by atoms with Crippen LogP contribution >= 0.6 is 0 Å². The van der Waals surface area contributed by atoms with Gasteiger partial charge in [-0.25, -0.2) is 0 Å². The van der Waals surface area contributed by atoms with Gasteiger partial charge in [0.2, 0.25) is 0 Å². The Morgan fingerprint density at radius 2 is 2.11 bits per heavy atom. The largest absolute Gasteiger partial charge is 0.492 e. The van der Waals surface area contributed by atoms with E-state index in [1.807, 2.05) is 30.3 Å². The molecule has 1 aliphatic rings. The highest BCUT2D eigenvalue weighted by atomic mass is 16.5. The van der Waals surface area contributed by atoms with E-state index in [0.29, 0.717) is 12.1 Å². The normalized spacial score (nSPS) is 24.3. The minimum atomic E-state index is 0.604. The summed E-state index contributed by atoms with van der Waals surface area (Å²) >= 11 is 0. The fraction of sp³-hybridized carbons (Fsp3) is 0.625. The van der Waals surface area contributed by atoms with E-state index in [9.17, 15) is 0 Å². The summed E-state index contributed by atoms with van der Waals surface area (Å²) in [6.45, 7) is 8.56. The molecule has 0 radical (unpaired) electrons. The second-order valence-corrected chi connectivity index (χ2v) is 5.40. The van der Waals surface area contributed by atoms with Crippen molar-refractivity contribution in [3.05, 3.63) is 30.3 Å². The molecule has 2 unspecified atom stereocenters. The third-order valence-electron chi connectivity index (χ3n) is 3.81. The van der Waals surface area contributed by atoms with Gasteiger partial charge in [0.25, 0.3) is 0 Å². The maximum absolute atomic E-state index is 5.79. The van der Waals surface area contributed by atoms with Gasteiger partial charge in [0, 0.05) is 31.7 Å². The Labute approximate surface area is 116 Å². The van der Waals surface area contributed by atoms with E-state index in [1.54, 1.807) is 0 Å². The summed E-state index contributed by atoms with van der Waals surface area (Å²) in [5.41, 5.74) is 0. The third-order valence-corrected chi connectivity index (χ3v) is 3.81. The minimum Gasteiger partial charge on any atom is -0.492 e. The monoisotopic (exact) mass is 262 g/mol. The molecule has 2 rings (SSSR count). The van der Waals surface area contributed by atoms with Gasteiger partial charge in [0.15, 0.2) is 0 Å². The molecule has 3 nitrogen and oxygen atoms in total. The lowest BCUT2D eigenvalue weighted by molar-refractivity contribution is 0.115. The number of ether oxygens (including phenoxy) is 1. The van der Waals surface area contributed by atoms with Gasteiger partial charge in [0.1, 0.15) is 12.4 Å². The number of nitrogens with zero attached hydrogens (tertiary/aromatic N) is 1. The molecule has 2 atom stereocenters. The van der Waals surface area contributed by atoms with Crippen LogP contribution in [0.25, 0.3) is 0 Å². The van der Waals surface area contributed by atoms with Gasteiger partial charge in [-0.2, -0.15) is 0 Å². The molecule has 0 spiro atoms. The van der Waals surface area contributed by atoms with Gasteiger partial charge in [-0.1, -0.05) is 31.5 Å². The molecular weight excluding hydrogens is 236 g/mol. The number of para-hydroxylation sites is 1. The number of piperazine rings is 1. The first kappa shape index (κ1) is 14.4. The van der Waals surface area contributed by atoms with Gasteiger partial charge < -0.3 is 10.1 Å². The summed E-state index contributed by atoms with van der Waals surface area (Å²) in [7, 11) is 0. The maximum atomic E-state index is 5.79. The van der Waals surface area contributed by atoms with Crippen molar-refractivity contribution in [2.75, 3.05) is 26.2 Å². The average molecular weight is 262 g/mol. The molecule has 3 heteroatoms. The molecule has 0 aromatic heterocycles. The van der Waals surface area contributed by atoms with Crippen LogP contribution in [0.1, 0.15) is 26.7 Å². The number of benzene rings is 1. The van der Waals surface area contributed by atoms with Crippen LogP contribution in [0.2, 0.25) is 0 Å². The standard InChI is InChI=1S/C16H26N2O/c1-3-7-15-13-18(14(2)12-17-15)10-11-19-16-8-5-4-6-9-16/h4-6,8-9,14-15,17H,3,7,10-13H2,1-2H3. The molecule has 1 saturated heterocycles. The van der Waals surface area contributed by atoms with Crippen LogP contribution in [0.5, 0.6) is 5.75 Å². The first-order chi connectivity index (χ1) is 9.29. The summed E-state index contributed by atoms with van der Waals surface area (Å²) in [5, 5.41) is 3.63. The molecule has 0 aliphatic carbocycles. The van der Waals surface area contributed by atoms with Crippen molar-refractivity contribution in [2.45, 2.75) is 38.8 Å². The lowest BCUT2D eigenvalue weighted by atomic mass is 10.1. The quantitative estimate of drug-likeness (QED) is 0.852. The summed E-state index contributed by atoms with van der Waals surface area (Å²) in [4.78, 5) is 2.54. The highest BCUT2D eigenvalue weighted by Gasteiger charge is 2.23. The number of hydrogen-bond acceptors (Lipinski definition) is 3. The highest BCUT2D eigenvalue weighted by molar-refractivity contribution is 5.20. The summed E-state index contributed by atoms with van der Waals surface area (Å²) in [5.74, 6) is 0.968. The SMILES string of the molecule is CCCC1CN(CCOc2ccccc2)C(C)CN1. The average Bonchev–Trinajstić information content (AvgIpc) is 2.44. The Bertz CT molecular complexity index is 355. The molecule has 0 bridgehead atoms. The fourth-order valence-corrected chi connectivity index (χ4v) is 2.64. The summed E-state index contributed by atoms with van der Waals surface area (Å²) < 4.78 is 5.79. The maximum Gasteiger partial charge on any atom is 0.119 e. The smallest absolute Gasteiger partial charge is 0.119 e. The van der Waals surface area contributed by atoms with Crippen LogP contribution in [-0.4, -0.2) is 43.2 Å². The molecule has 0 amide bonds. The van der Waals surface area contributed by atoms with Gasteiger partial charge in [0.05, 0.1) is 0 Å². The molecular formula is C16H26N2O. The lowest BCUT2D eigenvalue weighted by Gasteiger charge is -2.38. The van der Waals surface area contributed by atoms with E-state index in [0.717, 1.165) is 32.0 Å². The van der Waals surface area contributed by atoms with E-state index in [4.69, 9.17) is 4.74 Å². The van der Waals surface area contributed by atoms with Gasteiger partial charge in [-0.05, 0) is 25.5 Å². The first-order valence-electron chi connectivity index (χ1n) is 7.45. The zero-order valence-electron chi connectivity index (χ0n) is 12.1. The van der Waals surface area contributed by atoms with Crippen molar-refractivity contribution < 1.29 is 4.74 Å². The Morgan fingerprint density at radius 1 is 1.32 bits per heavy atom. The number of hydrogen-bond donors (Lipinski definition) is 1. The first-order valence-corrected chi connectivity index (χ1v) is 7.45. The van der Waals surface area contributed by atoms with Crippen LogP contribution in [0.3, 0.4) is 0 Å². The molecule has 1 heterocycles. The second kappa shape index (κ2) is 7.51. The minimum absolute atomic E-state index is 0.604. The van der Waals surface area contributed by atoms with Gasteiger partial charge in [-0.3, -0.25) is 4.90 Å². The van der Waals surface area contributed by atoms with E-state index < -0.39 is 0 Å². The Kier molecular flexibility index (Phi) is 5.67. The molecule has 0 saturated carbocycles. The van der Waals surface area contributed by atoms with E-state index in [2.05, 4.69) is 24.1 Å². The Balaban J connectivity index is 1.74. The molecule has 19 heavy (non-hydrogen) atoms. The number of nitrogens with one attached hydrogen (secondary N) is 1. The summed E-state index contributed by atoms with van der Waals surface area (Å²) in [6.07, 6.45) is 2.52. The molecule has 106 valence electrons. The predicted octanol–water partition coefficient (Wildman–Crippen LogP) is 2.53. The molecule has 1 aromatic carbocycles. The second-order valence-electron chi connectivity index (χ2n) is 5.40. The van der Waals surface area contributed by atoms with Crippen molar-refractivity contribution in [3.63, 3.8) is 0 Å². The third kappa shape index (κ3) is 4.51. The van der Waals surface area contributed by atoms with Crippen LogP contribution in [-0.2, 0) is 0 Å². The lowest BCUT2D eigenvalue weighted by Crippen LogP contribution is -2.56. The van der Waals surface area contributed by atoms with Gasteiger partial charge >= 0.3 is 0 Å². The predicted molar refractivity (Wildman–Crippen MR) is 79.7 cm³/mol. The molecule has 1 fully saturated rings. The van der Waals surface area contributed by atoms with Crippen LogP contribution in [0.4, 0.5) is 0 Å².